The standard InChI is InChI=1S/C19H13F4N3O3/c1-11-7-12(20)4-5-15(11)28-16-8-17(19(21,22)23)25-10-14(16)18(27)26-29-13-3-2-6-24-9-13/h2-10H,1H3,(H,26,27). The van der Waals surface area contributed by atoms with Gasteiger partial charge in [0.25, 0.3) is 5.91 Å². The number of benzene rings is 1. The topological polar surface area (TPSA) is 73.3 Å². The van der Waals surface area contributed by atoms with Gasteiger partial charge in [-0.25, -0.2) is 4.39 Å². The van der Waals surface area contributed by atoms with Crippen molar-refractivity contribution in [2.24, 2.45) is 0 Å². The minimum Gasteiger partial charge on any atom is -0.456 e. The highest BCUT2D eigenvalue weighted by molar-refractivity contribution is 5.96. The molecule has 1 aromatic carbocycles. The van der Waals surface area contributed by atoms with E-state index in [2.05, 4.69) is 15.4 Å². The Hall–Kier alpha value is -3.69. The molecule has 0 saturated heterocycles. The fourth-order valence-electron chi connectivity index (χ4n) is 2.26. The van der Waals surface area contributed by atoms with Crippen molar-refractivity contribution in [1.29, 1.82) is 0 Å². The van der Waals surface area contributed by atoms with Crippen LogP contribution in [0.25, 0.3) is 0 Å². The zero-order valence-corrected chi connectivity index (χ0v) is 14.8. The van der Waals surface area contributed by atoms with Crippen molar-refractivity contribution >= 4 is 5.91 Å². The van der Waals surface area contributed by atoms with E-state index >= 15 is 0 Å². The summed E-state index contributed by atoms with van der Waals surface area (Å²) in [5, 5.41) is 0. The number of hydrogen-bond acceptors (Lipinski definition) is 5. The first-order valence-electron chi connectivity index (χ1n) is 8.12. The first-order chi connectivity index (χ1) is 13.7. The molecule has 6 nitrogen and oxygen atoms in total. The number of hydrogen-bond donors (Lipinski definition) is 1. The van der Waals surface area contributed by atoms with Crippen molar-refractivity contribution in [3.05, 3.63) is 77.6 Å². The number of rotatable bonds is 5. The third-order valence-electron chi connectivity index (χ3n) is 3.65. The van der Waals surface area contributed by atoms with Crippen LogP contribution in [0.4, 0.5) is 17.6 Å². The highest BCUT2D eigenvalue weighted by atomic mass is 19.4. The van der Waals surface area contributed by atoms with Gasteiger partial charge in [-0.15, -0.1) is 0 Å². The third kappa shape index (κ3) is 4.98. The predicted molar refractivity (Wildman–Crippen MR) is 92.8 cm³/mol. The summed E-state index contributed by atoms with van der Waals surface area (Å²) in [6, 6.07) is 7.13. The quantitative estimate of drug-likeness (QED) is 0.499. The van der Waals surface area contributed by atoms with E-state index in [0.717, 1.165) is 18.3 Å². The van der Waals surface area contributed by atoms with Gasteiger partial charge in [-0.1, -0.05) is 0 Å². The van der Waals surface area contributed by atoms with E-state index in [1.165, 1.54) is 31.5 Å². The van der Waals surface area contributed by atoms with Gasteiger partial charge in [0.2, 0.25) is 0 Å². The summed E-state index contributed by atoms with van der Waals surface area (Å²) in [5.74, 6) is -1.58. The lowest BCUT2D eigenvalue weighted by Gasteiger charge is -2.15. The highest BCUT2D eigenvalue weighted by Gasteiger charge is 2.34. The summed E-state index contributed by atoms with van der Waals surface area (Å²) in [7, 11) is 0. The summed E-state index contributed by atoms with van der Waals surface area (Å²) in [6.45, 7) is 1.51. The Morgan fingerprint density at radius 1 is 1.10 bits per heavy atom. The lowest BCUT2D eigenvalue weighted by atomic mass is 10.2. The number of aromatic nitrogens is 2. The zero-order valence-electron chi connectivity index (χ0n) is 14.8. The van der Waals surface area contributed by atoms with Crippen LogP contribution in [0.2, 0.25) is 0 Å². The summed E-state index contributed by atoms with van der Waals surface area (Å²) >= 11 is 0. The average Bonchev–Trinajstić information content (AvgIpc) is 2.68. The Morgan fingerprint density at radius 3 is 2.55 bits per heavy atom. The van der Waals surface area contributed by atoms with Gasteiger partial charge >= 0.3 is 6.18 Å². The SMILES string of the molecule is Cc1cc(F)ccc1Oc1cc(C(F)(F)F)ncc1C(=O)NOc1cccnc1. The number of aryl methyl sites for hydroxylation is 1. The van der Waals surface area contributed by atoms with Crippen LogP contribution in [0.5, 0.6) is 17.2 Å². The van der Waals surface area contributed by atoms with Crippen molar-refractivity contribution in [3.63, 3.8) is 0 Å². The molecule has 0 aliphatic carbocycles. The summed E-state index contributed by atoms with van der Waals surface area (Å²) in [4.78, 5) is 24.5. The van der Waals surface area contributed by atoms with Gasteiger partial charge in [-0.2, -0.15) is 18.7 Å². The second kappa shape index (κ2) is 8.13. The van der Waals surface area contributed by atoms with E-state index < -0.39 is 29.3 Å². The highest BCUT2D eigenvalue weighted by Crippen LogP contribution is 2.34. The number of nitrogens with zero attached hydrogens (tertiary/aromatic N) is 2. The molecule has 3 aromatic rings. The van der Waals surface area contributed by atoms with E-state index in [-0.39, 0.29) is 17.1 Å². The molecule has 3 rings (SSSR count). The van der Waals surface area contributed by atoms with E-state index in [1.807, 2.05) is 0 Å². The van der Waals surface area contributed by atoms with E-state index in [9.17, 15) is 22.4 Å². The van der Waals surface area contributed by atoms with Crippen molar-refractivity contribution in [2.75, 3.05) is 0 Å². The predicted octanol–water partition coefficient (Wildman–Crippen LogP) is 4.46. The molecule has 0 aliphatic rings. The van der Waals surface area contributed by atoms with Crippen molar-refractivity contribution in [3.8, 4) is 17.2 Å². The molecule has 29 heavy (non-hydrogen) atoms. The maximum absolute atomic E-state index is 13.3. The van der Waals surface area contributed by atoms with Gasteiger partial charge in [0.15, 0.2) is 5.75 Å². The summed E-state index contributed by atoms with van der Waals surface area (Å²) in [6.07, 6.45) is -1.22. The second-order valence-electron chi connectivity index (χ2n) is 5.80. The molecule has 0 aliphatic heterocycles. The van der Waals surface area contributed by atoms with Crippen molar-refractivity contribution in [2.45, 2.75) is 13.1 Å². The maximum Gasteiger partial charge on any atom is 0.433 e. The maximum atomic E-state index is 13.3. The number of pyridine rings is 2. The Kier molecular flexibility index (Phi) is 5.62. The summed E-state index contributed by atoms with van der Waals surface area (Å²) < 4.78 is 57.9. The number of amides is 1. The van der Waals surface area contributed by atoms with Crippen LogP contribution >= 0.6 is 0 Å². The number of alkyl halides is 3. The van der Waals surface area contributed by atoms with Crippen LogP contribution < -0.4 is 15.1 Å². The fraction of sp³-hybridized carbons (Fsp3) is 0.105. The van der Waals surface area contributed by atoms with E-state index in [4.69, 9.17) is 9.57 Å². The van der Waals surface area contributed by atoms with Crippen LogP contribution in [-0.4, -0.2) is 15.9 Å². The molecule has 10 heteroatoms. The Balaban J connectivity index is 1.91. The molecular formula is C19H13F4N3O3. The first kappa shape index (κ1) is 20.1. The van der Waals surface area contributed by atoms with Gasteiger partial charge < -0.3 is 9.57 Å². The normalized spacial score (nSPS) is 11.1. The molecular weight excluding hydrogens is 394 g/mol. The van der Waals surface area contributed by atoms with Gasteiger partial charge in [0.1, 0.15) is 28.6 Å². The number of hydroxylamine groups is 1. The van der Waals surface area contributed by atoms with Crippen LogP contribution in [0.1, 0.15) is 21.6 Å². The van der Waals surface area contributed by atoms with Gasteiger partial charge in [0.05, 0.1) is 6.20 Å². The van der Waals surface area contributed by atoms with Crippen molar-refractivity contribution < 1.29 is 31.9 Å². The molecule has 1 amide bonds. The second-order valence-corrected chi connectivity index (χ2v) is 5.80. The number of halogens is 4. The Morgan fingerprint density at radius 2 is 1.90 bits per heavy atom. The molecule has 0 spiro atoms. The smallest absolute Gasteiger partial charge is 0.433 e. The minimum absolute atomic E-state index is 0.0768. The lowest BCUT2D eigenvalue weighted by Crippen LogP contribution is -2.27. The molecule has 1 N–H and O–H groups in total. The third-order valence-corrected chi connectivity index (χ3v) is 3.65. The molecule has 150 valence electrons. The Bertz CT molecular complexity index is 1030. The average molecular weight is 407 g/mol. The molecule has 2 aromatic heterocycles. The molecule has 0 saturated carbocycles. The molecule has 0 atom stereocenters. The molecule has 2 heterocycles. The number of carbonyl (C=O) groups is 1. The number of ether oxygens (including phenoxy) is 1. The van der Waals surface area contributed by atoms with E-state index in [0.29, 0.717) is 11.6 Å². The largest absolute Gasteiger partial charge is 0.456 e. The van der Waals surface area contributed by atoms with E-state index in [1.54, 1.807) is 6.07 Å². The monoisotopic (exact) mass is 407 g/mol. The molecule has 0 bridgehead atoms. The van der Waals surface area contributed by atoms with Gasteiger partial charge in [-0.3, -0.25) is 14.8 Å². The molecule has 0 fully saturated rings. The van der Waals surface area contributed by atoms with Crippen LogP contribution in [0, 0.1) is 12.7 Å². The van der Waals surface area contributed by atoms with Crippen LogP contribution in [0.15, 0.2) is 55.0 Å². The van der Waals surface area contributed by atoms with Gasteiger partial charge in [0, 0.05) is 18.5 Å². The zero-order chi connectivity index (χ0) is 21.0. The Labute approximate surface area is 162 Å². The summed E-state index contributed by atoms with van der Waals surface area (Å²) in [5.41, 5.74) is 0.843. The van der Waals surface area contributed by atoms with Crippen LogP contribution in [0.3, 0.4) is 0 Å². The number of nitrogens with one attached hydrogen (secondary N) is 1. The molecule has 0 unspecified atom stereocenters. The lowest BCUT2D eigenvalue weighted by molar-refractivity contribution is -0.141. The van der Waals surface area contributed by atoms with Crippen molar-refractivity contribution in [1.82, 2.24) is 15.4 Å². The first-order valence-corrected chi connectivity index (χ1v) is 8.12. The molecule has 0 radical (unpaired) electrons. The fourth-order valence-corrected chi connectivity index (χ4v) is 2.26. The van der Waals surface area contributed by atoms with Gasteiger partial charge in [-0.05, 0) is 42.8 Å². The van der Waals surface area contributed by atoms with Crippen LogP contribution in [-0.2, 0) is 6.18 Å². The minimum atomic E-state index is -4.75. The number of carbonyl (C=O) groups excluding carboxylic acids is 1.